The van der Waals surface area contributed by atoms with Crippen LogP contribution < -0.4 is 0 Å². The summed E-state index contributed by atoms with van der Waals surface area (Å²) in [6.45, 7) is 0.540. The lowest BCUT2D eigenvalue weighted by Gasteiger charge is -2.05. The van der Waals surface area contributed by atoms with E-state index in [2.05, 4.69) is 9.97 Å². The number of ether oxygens (including phenoxy) is 1. The summed E-state index contributed by atoms with van der Waals surface area (Å²) < 4.78 is 4.90. The second-order valence-electron chi connectivity index (χ2n) is 2.45. The maximum Gasteiger partial charge on any atom is 0.0630 e. The number of methoxy groups -OCH3 is 1. The summed E-state index contributed by atoms with van der Waals surface area (Å²) in [7, 11) is 1.63. The monoisotopic (exact) mass is 186 g/mol. The van der Waals surface area contributed by atoms with Gasteiger partial charge >= 0.3 is 0 Å². The predicted molar refractivity (Wildman–Crippen MR) is 47.3 cm³/mol. The second-order valence-corrected chi connectivity index (χ2v) is 3.07. The maximum atomic E-state index is 5.92. The third-order valence-corrected chi connectivity index (χ3v) is 1.68. The summed E-state index contributed by atoms with van der Waals surface area (Å²) in [4.78, 5) is 8.03. The van der Waals surface area contributed by atoms with Crippen LogP contribution in [-0.4, -0.2) is 29.1 Å². The van der Waals surface area contributed by atoms with Gasteiger partial charge in [-0.1, -0.05) is 0 Å². The van der Waals surface area contributed by atoms with E-state index in [0.717, 1.165) is 5.69 Å². The maximum absolute atomic E-state index is 5.92. The smallest absolute Gasteiger partial charge is 0.0630 e. The van der Waals surface area contributed by atoms with Gasteiger partial charge in [-0.05, 0) is 0 Å². The van der Waals surface area contributed by atoms with Gasteiger partial charge in [0.25, 0.3) is 0 Å². The van der Waals surface area contributed by atoms with Crippen molar-refractivity contribution in [1.29, 1.82) is 0 Å². The van der Waals surface area contributed by atoms with Gasteiger partial charge < -0.3 is 4.74 Å². The molecule has 12 heavy (non-hydrogen) atoms. The molecule has 0 saturated carbocycles. The van der Waals surface area contributed by atoms with E-state index < -0.39 is 0 Å². The Bertz CT molecular complexity index is 218. The number of rotatable bonds is 4. The van der Waals surface area contributed by atoms with Crippen LogP contribution in [0.4, 0.5) is 0 Å². The molecule has 1 rings (SSSR count). The van der Waals surface area contributed by atoms with Crippen molar-refractivity contribution in [2.75, 3.05) is 13.7 Å². The Balaban J connectivity index is 2.41. The van der Waals surface area contributed by atoms with Gasteiger partial charge in [0, 0.05) is 32.1 Å². The van der Waals surface area contributed by atoms with Crippen LogP contribution in [0.2, 0.25) is 0 Å². The van der Waals surface area contributed by atoms with Crippen molar-refractivity contribution in [3.8, 4) is 0 Å². The van der Waals surface area contributed by atoms with Crippen LogP contribution in [0.25, 0.3) is 0 Å². The molecule has 66 valence electrons. The Morgan fingerprint density at radius 1 is 1.58 bits per heavy atom. The molecule has 0 spiro atoms. The molecule has 4 heteroatoms. The average Bonchev–Trinajstić information content (AvgIpc) is 2.06. The predicted octanol–water partition coefficient (Wildman–Crippen LogP) is 1.27. The van der Waals surface area contributed by atoms with Gasteiger partial charge in [-0.2, -0.15) is 0 Å². The fourth-order valence-electron chi connectivity index (χ4n) is 0.902. The van der Waals surface area contributed by atoms with E-state index in [1.807, 2.05) is 0 Å². The summed E-state index contributed by atoms with van der Waals surface area (Å²) in [6, 6.07) is 0. The highest BCUT2D eigenvalue weighted by atomic mass is 35.5. The Kier molecular flexibility index (Phi) is 3.97. The van der Waals surface area contributed by atoms with Crippen molar-refractivity contribution in [3.05, 3.63) is 24.3 Å². The zero-order valence-electron chi connectivity index (χ0n) is 6.90. The summed E-state index contributed by atoms with van der Waals surface area (Å²) in [6.07, 6.45) is 5.71. The van der Waals surface area contributed by atoms with Crippen LogP contribution in [-0.2, 0) is 11.2 Å². The van der Waals surface area contributed by atoms with Crippen molar-refractivity contribution in [2.45, 2.75) is 11.8 Å². The Morgan fingerprint density at radius 2 is 2.42 bits per heavy atom. The summed E-state index contributed by atoms with van der Waals surface area (Å²) in [5.41, 5.74) is 0.898. The molecule has 0 amide bonds. The zero-order chi connectivity index (χ0) is 8.81. The van der Waals surface area contributed by atoms with E-state index in [9.17, 15) is 0 Å². The van der Waals surface area contributed by atoms with Gasteiger partial charge in [0.1, 0.15) is 0 Å². The Hall–Kier alpha value is -0.670. The minimum Gasteiger partial charge on any atom is -0.383 e. The molecule has 1 unspecified atom stereocenters. The average molecular weight is 187 g/mol. The molecule has 0 aliphatic heterocycles. The van der Waals surface area contributed by atoms with Crippen LogP contribution >= 0.6 is 11.6 Å². The van der Waals surface area contributed by atoms with Gasteiger partial charge in [-0.15, -0.1) is 11.6 Å². The lowest BCUT2D eigenvalue weighted by molar-refractivity contribution is 0.197. The molecule has 0 N–H and O–H groups in total. The van der Waals surface area contributed by atoms with E-state index in [4.69, 9.17) is 16.3 Å². The molecule has 0 saturated heterocycles. The van der Waals surface area contributed by atoms with Crippen molar-refractivity contribution >= 4 is 11.6 Å². The molecule has 0 aliphatic carbocycles. The molecular formula is C8H11ClN2O. The third-order valence-electron chi connectivity index (χ3n) is 1.39. The number of nitrogens with zero attached hydrogens (tertiary/aromatic N) is 2. The highest BCUT2D eigenvalue weighted by molar-refractivity contribution is 6.20. The molecule has 0 aromatic carbocycles. The quantitative estimate of drug-likeness (QED) is 0.665. The first-order valence-electron chi connectivity index (χ1n) is 3.71. The summed E-state index contributed by atoms with van der Waals surface area (Å²) in [5.74, 6) is 0. The van der Waals surface area contributed by atoms with Crippen molar-refractivity contribution in [2.24, 2.45) is 0 Å². The molecule has 1 aromatic rings. The summed E-state index contributed by atoms with van der Waals surface area (Å²) >= 11 is 5.92. The Morgan fingerprint density at radius 3 is 3.00 bits per heavy atom. The number of aromatic nitrogens is 2. The van der Waals surface area contributed by atoms with Crippen LogP contribution in [0.3, 0.4) is 0 Å². The van der Waals surface area contributed by atoms with Crippen molar-refractivity contribution in [3.63, 3.8) is 0 Å². The second kappa shape index (κ2) is 5.06. The van der Waals surface area contributed by atoms with Crippen molar-refractivity contribution < 1.29 is 4.74 Å². The Labute approximate surface area is 76.7 Å². The van der Waals surface area contributed by atoms with Gasteiger partial charge in [-0.25, -0.2) is 0 Å². The zero-order valence-corrected chi connectivity index (χ0v) is 7.66. The van der Waals surface area contributed by atoms with Crippen LogP contribution in [0, 0.1) is 0 Å². The third kappa shape index (κ3) is 3.15. The minimum absolute atomic E-state index is 0.0216. The first kappa shape index (κ1) is 9.42. The molecule has 1 heterocycles. The molecule has 0 aliphatic rings. The van der Waals surface area contributed by atoms with Gasteiger partial charge in [0.15, 0.2) is 0 Å². The first-order valence-corrected chi connectivity index (χ1v) is 4.14. The number of hydrogen-bond acceptors (Lipinski definition) is 3. The van der Waals surface area contributed by atoms with E-state index in [0.29, 0.717) is 13.0 Å². The molecule has 1 atom stereocenters. The fourth-order valence-corrected chi connectivity index (χ4v) is 1.19. The van der Waals surface area contributed by atoms with Crippen LogP contribution in [0.1, 0.15) is 5.69 Å². The molecular weight excluding hydrogens is 176 g/mol. The molecule has 0 radical (unpaired) electrons. The lowest BCUT2D eigenvalue weighted by atomic mass is 10.2. The van der Waals surface area contributed by atoms with Gasteiger partial charge in [-0.3, -0.25) is 9.97 Å². The highest BCUT2D eigenvalue weighted by Crippen LogP contribution is 2.04. The molecule has 1 aromatic heterocycles. The molecule has 0 fully saturated rings. The van der Waals surface area contributed by atoms with E-state index in [1.165, 1.54) is 0 Å². The fraction of sp³-hybridized carbons (Fsp3) is 0.500. The molecule has 3 nitrogen and oxygen atoms in total. The number of hydrogen-bond donors (Lipinski definition) is 0. The molecule has 0 bridgehead atoms. The van der Waals surface area contributed by atoms with E-state index in [1.54, 1.807) is 25.7 Å². The van der Waals surface area contributed by atoms with Gasteiger partial charge in [0.2, 0.25) is 0 Å². The van der Waals surface area contributed by atoms with Crippen LogP contribution in [0.5, 0.6) is 0 Å². The number of halogens is 1. The summed E-state index contributed by atoms with van der Waals surface area (Å²) in [5, 5.41) is -0.0216. The first-order chi connectivity index (χ1) is 5.83. The van der Waals surface area contributed by atoms with Crippen LogP contribution in [0.15, 0.2) is 18.6 Å². The minimum atomic E-state index is -0.0216. The SMILES string of the molecule is COCC(Cl)Cc1cnccn1. The van der Waals surface area contributed by atoms with E-state index >= 15 is 0 Å². The lowest BCUT2D eigenvalue weighted by Crippen LogP contribution is -2.11. The normalized spacial score (nSPS) is 12.8. The van der Waals surface area contributed by atoms with E-state index in [-0.39, 0.29) is 5.38 Å². The van der Waals surface area contributed by atoms with Gasteiger partial charge in [0.05, 0.1) is 17.7 Å². The topological polar surface area (TPSA) is 35.0 Å². The standard InChI is InChI=1S/C8H11ClN2O/c1-12-6-7(9)4-8-5-10-2-3-11-8/h2-3,5,7H,4,6H2,1H3. The van der Waals surface area contributed by atoms with Crippen molar-refractivity contribution in [1.82, 2.24) is 9.97 Å². The highest BCUT2D eigenvalue weighted by Gasteiger charge is 2.05. The largest absolute Gasteiger partial charge is 0.383 e. The number of alkyl halides is 1.